The van der Waals surface area contributed by atoms with Crippen molar-refractivity contribution < 1.29 is 32.9 Å². The summed E-state index contributed by atoms with van der Waals surface area (Å²) in [4.78, 5) is 0. The van der Waals surface area contributed by atoms with Crippen molar-refractivity contribution in [2.24, 2.45) is 0 Å². The SMILES string of the molecule is COc1cc(C(O)C(F)(F)F)cc(O)c1OC. The number of rotatable bonds is 3. The van der Waals surface area contributed by atoms with E-state index in [1.165, 1.54) is 14.2 Å². The smallest absolute Gasteiger partial charge is 0.418 e. The number of alkyl halides is 3. The van der Waals surface area contributed by atoms with Gasteiger partial charge in [-0.15, -0.1) is 0 Å². The second-order valence-corrected chi connectivity index (χ2v) is 3.22. The molecule has 0 saturated carbocycles. The first-order chi connectivity index (χ1) is 7.81. The van der Waals surface area contributed by atoms with Gasteiger partial charge in [-0.05, 0) is 17.7 Å². The molecule has 4 nitrogen and oxygen atoms in total. The van der Waals surface area contributed by atoms with Crippen molar-refractivity contribution in [3.05, 3.63) is 17.7 Å². The summed E-state index contributed by atoms with van der Waals surface area (Å²) in [5.41, 5.74) is -0.521. The third-order valence-electron chi connectivity index (χ3n) is 2.11. The van der Waals surface area contributed by atoms with Crippen molar-refractivity contribution in [3.63, 3.8) is 0 Å². The molecule has 0 amide bonds. The number of halogens is 3. The van der Waals surface area contributed by atoms with Crippen molar-refractivity contribution in [2.75, 3.05) is 14.2 Å². The molecule has 0 aliphatic rings. The van der Waals surface area contributed by atoms with Gasteiger partial charge in [-0.3, -0.25) is 0 Å². The molecule has 1 aromatic rings. The number of methoxy groups -OCH3 is 2. The number of benzene rings is 1. The Balaban J connectivity index is 3.25. The molecule has 0 heterocycles. The van der Waals surface area contributed by atoms with Crippen LogP contribution in [0.2, 0.25) is 0 Å². The number of aliphatic hydroxyl groups is 1. The Morgan fingerprint density at radius 1 is 1.18 bits per heavy atom. The zero-order valence-corrected chi connectivity index (χ0v) is 9.08. The van der Waals surface area contributed by atoms with Gasteiger partial charge >= 0.3 is 6.18 Å². The van der Waals surface area contributed by atoms with E-state index in [-0.39, 0.29) is 11.5 Å². The molecular weight excluding hydrogens is 241 g/mol. The molecule has 0 saturated heterocycles. The Morgan fingerprint density at radius 2 is 1.76 bits per heavy atom. The average Bonchev–Trinajstić information content (AvgIpc) is 2.25. The van der Waals surface area contributed by atoms with Crippen LogP contribution in [0.15, 0.2) is 12.1 Å². The lowest BCUT2D eigenvalue weighted by Crippen LogP contribution is -2.20. The molecule has 0 aliphatic carbocycles. The predicted molar refractivity (Wildman–Crippen MR) is 52.2 cm³/mol. The lowest BCUT2D eigenvalue weighted by molar-refractivity contribution is -0.206. The maximum atomic E-state index is 12.3. The predicted octanol–water partition coefficient (Wildman–Crippen LogP) is 2.01. The van der Waals surface area contributed by atoms with Crippen LogP contribution in [0.3, 0.4) is 0 Å². The van der Waals surface area contributed by atoms with Gasteiger partial charge in [-0.1, -0.05) is 0 Å². The van der Waals surface area contributed by atoms with Crippen LogP contribution in [-0.2, 0) is 0 Å². The molecule has 2 N–H and O–H groups in total. The van der Waals surface area contributed by atoms with E-state index in [4.69, 9.17) is 14.6 Å². The largest absolute Gasteiger partial charge is 0.504 e. The van der Waals surface area contributed by atoms with Gasteiger partial charge in [-0.25, -0.2) is 0 Å². The normalized spacial score (nSPS) is 13.3. The number of aromatic hydroxyl groups is 1. The van der Waals surface area contributed by atoms with Gasteiger partial charge in [-0.2, -0.15) is 13.2 Å². The van der Waals surface area contributed by atoms with E-state index >= 15 is 0 Å². The minimum absolute atomic E-state index is 0.0919. The van der Waals surface area contributed by atoms with Crippen LogP contribution in [-0.4, -0.2) is 30.6 Å². The number of phenolic OH excluding ortho intramolecular Hbond substituents is 1. The van der Waals surface area contributed by atoms with Crippen LogP contribution >= 0.6 is 0 Å². The first-order valence-corrected chi connectivity index (χ1v) is 4.51. The van der Waals surface area contributed by atoms with Crippen LogP contribution in [0.25, 0.3) is 0 Å². The first kappa shape index (κ1) is 13.4. The monoisotopic (exact) mass is 252 g/mol. The Morgan fingerprint density at radius 3 is 2.18 bits per heavy atom. The van der Waals surface area contributed by atoms with E-state index in [0.717, 1.165) is 12.1 Å². The summed E-state index contributed by atoms with van der Waals surface area (Å²) in [5, 5.41) is 18.5. The van der Waals surface area contributed by atoms with Gasteiger partial charge < -0.3 is 19.7 Å². The lowest BCUT2D eigenvalue weighted by atomic mass is 10.1. The van der Waals surface area contributed by atoms with Gasteiger partial charge in [0.1, 0.15) is 0 Å². The average molecular weight is 252 g/mol. The number of ether oxygens (including phenoxy) is 2. The van der Waals surface area contributed by atoms with E-state index in [0.29, 0.717) is 0 Å². The van der Waals surface area contributed by atoms with Crippen LogP contribution in [0.4, 0.5) is 13.2 Å². The standard InChI is InChI=1S/C10H11F3O4/c1-16-7-4-5(9(15)10(11,12)13)3-6(14)8(7)17-2/h3-4,9,14-15H,1-2H3. The summed E-state index contributed by atoms with van der Waals surface area (Å²) >= 11 is 0. The topological polar surface area (TPSA) is 58.9 Å². The number of hydrogen-bond acceptors (Lipinski definition) is 4. The first-order valence-electron chi connectivity index (χ1n) is 4.51. The molecule has 0 radical (unpaired) electrons. The fraction of sp³-hybridized carbons (Fsp3) is 0.400. The highest BCUT2D eigenvalue weighted by Crippen LogP contribution is 2.42. The minimum Gasteiger partial charge on any atom is -0.504 e. The fourth-order valence-corrected chi connectivity index (χ4v) is 1.31. The van der Waals surface area contributed by atoms with E-state index in [2.05, 4.69) is 0 Å². The van der Waals surface area contributed by atoms with E-state index in [1.54, 1.807) is 0 Å². The highest BCUT2D eigenvalue weighted by molar-refractivity contribution is 5.53. The quantitative estimate of drug-likeness (QED) is 0.863. The molecule has 1 aromatic carbocycles. The van der Waals surface area contributed by atoms with Crippen molar-refractivity contribution >= 4 is 0 Å². The van der Waals surface area contributed by atoms with Crippen LogP contribution in [0.1, 0.15) is 11.7 Å². The fourth-order valence-electron chi connectivity index (χ4n) is 1.31. The molecule has 7 heteroatoms. The van der Waals surface area contributed by atoms with Crippen molar-refractivity contribution in [1.29, 1.82) is 0 Å². The van der Waals surface area contributed by atoms with Crippen molar-refractivity contribution in [3.8, 4) is 17.2 Å². The molecule has 1 rings (SSSR count). The highest BCUT2D eigenvalue weighted by Gasteiger charge is 2.40. The molecule has 96 valence electrons. The molecular formula is C10H11F3O4. The van der Waals surface area contributed by atoms with Crippen LogP contribution in [0, 0.1) is 0 Å². The summed E-state index contributed by atoms with van der Waals surface area (Å²) in [6.07, 6.45) is -7.50. The van der Waals surface area contributed by atoms with Crippen LogP contribution in [0.5, 0.6) is 17.2 Å². The summed E-state index contributed by atoms with van der Waals surface area (Å²) in [7, 11) is 2.44. The maximum absolute atomic E-state index is 12.3. The molecule has 0 bridgehead atoms. The third kappa shape index (κ3) is 2.73. The van der Waals surface area contributed by atoms with Crippen LogP contribution < -0.4 is 9.47 Å². The number of hydrogen-bond donors (Lipinski definition) is 2. The third-order valence-corrected chi connectivity index (χ3v) is 2.11. The summed E-state index contributed by atoms with van der Waals surface area (Å²) < 4.78 is 46.3. The number of phenols is 1. The van der Waals surface area contributed by atoms with Gasteiger partial charge in [0.2, 0.25) is 5.75 Å². The number of aliphatic hydroxyl groups excluding tert-OH is 1. The Bertz CT molecular complexity index is 403. The maximum Gasteiger partial charge on any atom is 0.418 e. The minimum atomic E-state index is -4.81. The second-order valence-electron chi connectivity index (χ2n) is 3.22. The van der Waals surface area contributed by atoms with E-state index < -0.39 is 23.6 Å². The molecule has 1 atom stereocenters. The summed E-state index contributed by atoms with van der Waals surface area (Å²) in [6, 6.07) is 1.73. The van der Waals surface area contributed by atoms with Gasteiger partial charge in [0.25, 0.3) is 0 Å². The molecule has 0 aliphatic heterocycles. The second kappa shape index (κ2) is 4.70. The van der Waals surface area contributed by atoms with Gasteiger partial charge in [0, 0.05) is 0 Å². The zero-order valence-electron chi connectivity index (χ0n) is 9.08. The molecule has 0 fully saturated rings. The van der Waals surface area contributed by atoms with Gasteiger partial charge in [0.15, 0.2) is 17.6 Å². The molecule has 0 spiro atoms. The highest BCUT2D eigenvalue weighted by atomic mass is 19.4. The lowest BCUT2D eigenvalue weighted by Gasteiger charge is -2.17. The van der Waals surface area contributed by atoms with E-state index in [1.807, 2.05) is 0 Å². The zero-order chi connectivity index (χ0) is 13.2. The van der Waals surface area contributed by atoms with Crippen molar-refractivity contribution in [2.45, 2.75) is 12.3 Å². The van der Waals surface area contributed by atoms with Gasteiger partial charge in [0.05, 0.1) is 14.2 Å². The molecule has 0 aromatic heterocycles. The summed E-state index contributed by atoms with van der Waals surface area (Å²) in [5.74, 6) is -0.721. The summed E-state index contributed by atoms with van der Waals surface area (Å²) in [6.45, 7) is 0. The Kier molecular flexibility index (Phi) is 3.72. The van der Waals surface area contributed by atoms with E-state index in [9.17, 15) is 18.3 Å². The Labute approximate surface area is 95.2 Å². The molecule has 1 unspecified atom stereocenters. The Hall–Kier alpha value is -1.63. The molecule has 17 heavy (non-hydrogen) atoms. The van der Waals surface area contributed by atoms with Crippen molar-refractivity contribution in [1.82, 2.24) is 0 Å².